The highest BCUT2D eigenvalue weighted by atomic mass is 16.1. The van der Waals surface area contributed by atoms with Gasteiger partial charge in [0, 0.05) is 28.6 Å². The van der Waals surface area contributed by atoms with Gasteiger partial charge < -0.3 is 10.6 Å². The third kappa shape index (κ3) is 4.49. The van der Waals surface area contributed by atoms with Gasteiger partial charge in [0.25, 0.3) is 5.91 Å². The van der Waals surface area contributed by atoms with E-state index in [1.54, 1.807) is 12.1 Å². The van der Waals surface area contributed by atoms with E-state index in [9.17, 15) is 4.79 Å². The lowest BCUT2D eigenvalue weighted by atomic mass is 10.1. The van der Waals surface area contributed by atoms with E-state index in [2.05, 4.69) is 30.8 Å². The summed E-state index contributed by atoms with van der Waals surface area (Å²) in [6.07, 6.45) is 2.39. The lowest BCUT2D eigenvalue weighted by Crippen LogP contribution is -2.24. The predicted octanol–water partition coefficient (Wildman–Crippen LogP) is 3.05. The summed E-state index contributed by atoms with van der Waals surface area (Å²) < 4.78 is 0. The molecule has 142 valence electrons. The molecule has 2 heterocycles. The first-order chi connectivity index (χ1) is 13.6. The standard InChI is InChI=1S/C21H22N6O/c1-13-11-14(2)24-20(23-13)12-22-21(28)16-5-3-15(4-6-16)18-9-10-19(27-26-18)25-17-7-8-17/h3-6,9-11,17H,7-8,12H2,1-2H3,(H,22,28)(H,25,27). The van der Waals surface area contributed by atoms with Crippen molar-refractivity contribution in [1.82, 2.24) is 25.5 Å². The molecule has 0 aliphatic heterocycles. The highest BCUT2D eigenvalue weighted by Crippen LogP contribution is 2.24. The molecular formula is C21H22N6O. The number of aryl methyl sites for hydroxylation is 2. The Balaban J connectivity index is 1.38. The normalized spacial score (nSPS) is 13.2. The maximum atomic E-state index is 12.4. The van der Waals surface area contributed by atoms with Crippen LogP contribution in [-0.2, 0) is 6.54 Å². The molecule has 2 N–H and O–H groups in total. The third-order valence-corrected chi connectivity index (χ3v) is 4.47. The summed E-state index contributed by atoms with van der Waals surface area (Å²) in [5, 5.41) is 14.7. The summed E-state index contributed by atoms with van der Waals surface area (Å²) in [4.78, 5) is 21.1. The molecule has 0 spiro atoms. The monoisotopic (exact) mass is 374 g/mol. The van der Waals surface area contributed by atoms with Gasteiger partial charge >= 0.3 is 0 Å². The van der Waals surface area contributed by atoms with E-state index < -0.39 is 0 Å². The predicted molar refractivity (Wildman–Crippen MR) is 107 cm³/mol. The molecule has 7 nitrogen and oxygen atoms in total. The van der Waals surface area contributed by atoms with E-state index in [4.69, 9.17) is 0 Å². The quantitative estimate of drug-likeness (QED) is 0.689. The molecule has 7 heteroatoms. The lowest BCUT2D eigenvalue weighted by Gasteiger charge is -2.07. The van der Waals surface area contributed by atoms with Crippen molar-refractivity contribution < 1.29 is 4.79 Å². The van der Waals surface area contributed by atoms with Gasteiger partial charge in [-0.15, -0.1) is 10.2 Å². The van der Waals surface area contributed by atoms with Crippen molar-refractivity contribution in [2.24, 2.45) is 0 Å². The van der Waals surface area contributed by atoms with Crippen molar-refractivity contribution in [1.29, 1.82) is 0 Å². The molecule has 1 saturated carbocycles. The van der Waals surface area contributed by atoms with Crippen LogP contribution in [0.1, 0.15) is 40.4 Å². The molecule has 0 saturated heterocycles. The molecule has 0 bridgehead atoms. The second kappa shape index (κ2) is 7.72. The zero-order valence-corrected chi connectivity index (χ0v) is 15.9. The average molecular weight is 374 g/mol. The third-order valence-electron chi connectivity index (χ3n) is 4.47. The van der Waals surface area contributed by atoms with Gasteiger partial charge in [-0.3, -0.25) is 4.79 Å². The Morgan fingerprint density at radius 1 is 1.00 bits per heavy atom. The Morgan fingerprint density at radius 3 is 2.32 bits per heavy atom. The molecule has 3 aromatic rings. The number of hydrogen-bond donors (Lipinski definition) is 2. The Hall–Kier alpha value is -3.35. The van der Waals surface area contributed by atoms with Crippen LogP contribution in [0.4, 0.5) is 5.82 Å². The average Bonchev–Trinajstić information content (AvgIpc) is 3.50. The van der Waals surface area contributed by atoms with Crippen LogP contribution >= 0.6 is 0 Å². The fourth-order valence-electron chi connectivity index (χ4n) is 2.93. The zero-order valence-electron chi connectivity index (χ0n) is 15.9. The summed E-state index contributed by atoms with van der Waals surface area (Å²) in [5.41, 5.74) is 4.05. The number of nitrogens with one attached hydrogen (secondary N) is 2. The highest BCUT2D eigenvalue weighted by Gasteiger charge is 2.21. The number of carbonyl (C=O) groups is 1. The van der Waals surface area contributed by atoms with Gasteiger partial charge in [-0.25, -0.2) is 9.97 Å². The largest absolute Gasteiger partial charge is 0.366 e. The van der Waals surface area contributed by atoms with E-state index in [0.717, 1.165) is 28.5 Å². The zero-order chi connectivity index (χ0) is 19.5. The number of amides is 1. The second-order valence-corrected chi connectivity index (χ2v) is 7.05. The number of rotatable bonds is 6. The second-order valence-electron chi connectivity index (χ2n) is 7.05. The summed E-state index contributed by atoms with van der Waals surface area (Å²) in [6.45, 7) is 4.12. The van der Waals surface area contributed by atoms with Crippen LogP contribution in [0, 0.1) is 13.8 Å². The van der Waals surface area contributed by atoms with E-state index in [0.29, 0.717) is 24.0 Å². The van der Waals surface area contributed by atoms with Crippen LogP contribution in [0.5, 0.6) is 0 Å². The van der Waals surface area contributed by atoms with Gasteiger partial charge in [0.2, 0.25) is 0 Å². The smallest absolute Gasteiger partial charge is 0.251 e. The summed E-state index contributed by atoms with van der Waals surface area (Å²) in [7, 11) is 0. The number of aromatic nitrogens is 4. The van der Waals surface area contributed by atoms with Gasteiger partial charge in [0.1, 0.15) is 11.6 Å². The maximum absolute atomic E-state index is 12.4. The van der Waals surface area contributed by atoms with E-state index in [1.807, 2.05) is 44.2 Å². The number of hydrogen-bond acceptors (Lipinski definition) is 6. The molecule has 1 aliphatic carbocycles. The van der Waals surface area contributed by atoms with Crippen molar-refractivity contribution in [3.05, 3.63) is 65.2 Å². The molecule has 2 aromatic heterocycles. The molecule has 28 heavy (non-hydrogen) atoms. The maximum Gasteiger partial charge on any atom is 0.251 e. The molecule has 4 rings (SSSR count). The van der Waals surface area contributed by atoms with Crippen LogP contribution in [0.25, 0.3) is 11.3 Å². The van der Waals surface area contributed by atoms with Crippen molar-refractivity contribution in [3.63, 3.8) is 0 Å². The first-order valence-electron chi connectivity index (χ1n) is 9.37. The number of benzene rings is 1. The van der Waals surface area contributed by atoms with Crippen molar-refractivity contribution in [2.45, 2.75) is 39.3 Å². The van der Waals surface area contributed by atoms with Crippen LogP contribution in [0.15, 0.2) is 42.5 Å². The van der Waals surface area contributed by atoms with Crippen molar-refractivity contribution in [3.8, 4) is 11.3 Å². The molecule has 1 fully saturated rings. The van der Waals surface area contributed by atoms with Crippen LogP contribution in [0.2, 0.25) is 0 Å². The fourth-order valence-corrected chi connectivity index (χ4v) is 2.93. The number of anilines is 1. The SMILES string of the molecule is Cc1cc(C)nc(CNC(=O)c2ccc(-c3ccc(NC4CC4)nn3)cc2)n1. The van der Waals surface area contributed by atoms with Gasteiger partial charge in [-0.1, -0.05) is 12.1 Å². The van der Waals surface area contributed by atoms with E-state index >= 15 is 0 Å². The first-order valence-corrected chi connectivity index (χ1v) is 9.37. The highest BCUT2D eigenvalue weighted by molar-refractivity contribution is 5.94. The van der Waals surface area contributed by atoms with Gasteiger partial charge in [0.05, 0.1) is 12.2 Å². The van der Waals surface area contributed by atoms with Crippen molar-refractivity contribution >= 4 is 11.7 Å². The van der Waals surface area contributed by atoms with Gasteiger partial charge in [0.15, 0.2) is 0 Å². The van der Waals surface area contributed by atoms with Crippen LogP contribution < -0.4 is 10.6 Å². The first kappa shape index (κ1) is 18.0. The van der Waals surface area contributed by atoms with Crippen LogP contribution in [0.3, 0.4) is 0 Å². The summed E-state index contributed by atoms with van der Waals surface area (Å²) in [5.74, 6) is 1.25. The van der Waals surface area contributed by atoms with E-state index in [-0.39, 0.29) is 5.91 Å². The Morgan fingerprint density at radius 2 is 1.71 bits per heavy atom. The number of nitrogens with zero attached hydrogens (tertiary/aromatic N) is 4. The Labute approximate surface area is 163 Å². The Kier molecular flexibility index (Phi) is 4.97. The molecule has 1 aliphatic rings. The molecule has 0 unspecified atom stereocenters. The van der Waals surface area contributed by atoms with Crippen LogP contribution in [-0.4, -0.2) is 32.1 Å². The topological polar surface area (TPSA) is 92.7 Å². The summed E-state index contributed by atoms with van der Waals surface area (Å²) >= 11 is 0. The molecule has 0 atom stereocenters. The fraction of sp³-hybridized carbons (Fsp3) is 0.286. The molecular weight excluding hydrogens is 352 g/mol. The van der Waals surface area contributed by atoms with Gasteiger partial charge in [-0.2, -0.15) is 0 Å². The van der Waals surface area contributed by atoms with E-state index in [1.165, 1.54) is 12.8 Å². The summed E-state index contributed by atoms with van der Waals surface area (Å²) in [6, 6.07) is 13.6. The molecule has 0 radical (unpaired) electrons. The van der Waals surface area contributed by atoms with Crippen molar-refractivity contribution in [2.75, 3.05) is 5.32 Å². The minimum absolute atomic E-state index is 0.163. The molecule has 1 aromatic carbocycles. The number of carbonyl (C=O) groups excluding carboxylic acids is 1. The lowest BCUT2D eigenvalue weighted by molar-refractivity contribution is 0.0950. The minimum atomic E-state index is -0.163. The molecule has 1 amide bonds. The van der Waals surface area contributed by atoms with Gasteiger partial charge in [-0.05, 0) is 57.0 Å². The Bertz CT molecular complexity index is 961. The minimum Gasteiger partial charge on any atom is -0.366 e.